The van der Waals surface area contributed by atoms with Gasteiger partial charge in [-0.25, -0.2) is 0 Å². The van der Waals surface area contributed by atoms with Crippen LogP contribution in [-0.4, -0.2) is 16.9 Å². The normalized spacial score (nSPS) is 10.6. The highest BCUT2D eigenvalue weighted by Crippen LogP contribution is 2.36. The third-order valence-electron chi connectivity index (χ3n) is 3.50. The number of aryl methyl sites for hydroxylation is 1. The molecule has 3 aromatic rings. The Morgan fingerprint density at radius 3 is 2.43 bits per heavy atom. The van der Waals surface area contributed by atoms with Gasteiger partial charge in [0, 0.05) is 12.6 Å². The zero-order chi connectivity index (χ0) is 14.8. The van der Waals surface area contributed by atoms with Gasteiger partial charge in [0.15, 0.2) is 0 Å². The van der Waals surface area contributed by atoms with Crippen molar-refractivity contribution in [2.75, 3.05) is 12.8 Å². The number of ether oxygens (including phenoxy) is 1. The summed E-state index contributed by atoms with van der Waals surface area (Å²) in [7, 11) is 3.51. The van der Waals surface area contributed by atoms with Crippen molar-refractivity contribution in [1.29, 1.82) is 0 Å². The van der Waals surface area contributed by atoms with Crippen LogP contribution in [0.4, 0.5) is 5.82 Å². The lowest BCUT2D eigenvalue weighted by Gasteiger charge is -2.06. The van der Waals surface area contributed by atoms with Gasteiger partial charge in [-0.05, 0) is 17.7 Å². The van der Waals surface area contributed by atoms with Crippen LogP contribution in [0.15, 0.2) is 54.6 Å². The fraction of sp³-hybridized carbons (Fsp3) is 0.118. The van der Waals surface area contributed by atoms with Crippen molar-refractivity contribution >= 4 is 5.82 Å². The molecule has 0 saturated carbocycles. The monoisotopic (exact) mass is 279 g/mol. The number of anilines is 1. The number of hydrogen-bond donors (Lipinski definition) is 1. The van der Waals surface area contributed by atoms with E-state index in [1.807, 2.05) is 61.6 Å². The first kappa shape index (κ1) is 13.2. The molecule has 106 valence electrons. The number of nitrogens with two attached hydrogens (primary N) is 1. The number of hydrogen-bond acceptors (Lipinski definition) is 3. The third-order valence-corrected chi connectivity index (χ3v) is 3.50. The number of methoxy groups -OCH3 is 1. The molecular weight excluding hydrogens is 262 g/mol. The van der Waals surface area contributed by atoms with Gasteiger partial charge < -0.3 is 10.5 Å². The van der Waals surface area contributed by atoms with E-state index in [4.69, 9.17) is 10.5 Å². The Balaban J connectivity index is 2.21. The van der Waals surface area contributed by atoms with E-state index in [1.165, 1.54) is 0 Å². The van der Waals surface area contributed by atoms with Crippen molar-refractivity contribution in [3.8, 4) is 28.1 Å². The molecule has 0 radical (unpaired) electrons. The minimum absolute atomic E-state index is 0.652. The first-order chi connectivity index (χ1) is 10.2. The molecule has 4 nitrogen and oxygen atoms in total. The molecule has 0 aliphatic carbocycles. The molecule has 0 aliphatic heterocycles. The Bertz CT molecular complexity index is 763. The summed E-state index contributed by atoms with van der Waals surface area (Å²) in [6.45, 7) is 0. The topological polar surface area (TPSA) is 53.1 Å². The smallest absolute Gasteiger partial charge is 0.129 e. The van der Waals surface area contributed by atoms with Gasteiger partial charge in [-0.2, -0.15) is 5.10 Å². The van der Waals surface area contributed by atoms with Crippen molar-refractivity contribution in [3.05, 3.63) is 54.6 Å². The van der Waals surface area contributed by atoms with Gasteiger partial charge in [-0.3, -0.25) is 4.68 Å². The summed E-state index contributed by atoms with van der Waals surface area (Å²) < 4.78 is 7.00. The van der Waals surface area contributed by atoms with Crippen LogP contribution < -0.4 is 10.5 Å². The minimum Gasteiger partial charge on any atom is -0.497 e. The van der Waals surface area contributed by atoms with Crippen LogP contribution in [0.5, 0.6) is 5.75 Å². The Kier molecular flexibility index (Phi) is 3.36. The number of aromatic nitrogens is 2. The predicted molar refractivity (Wildman–Crippen MR) is 85.0 cm³/mol. The molecule has 2 aromatic carbocycles. The molecule has 1 heterocycles. The first-order valence-corrected chi connectivity index (χ1v) is 6.73. The summed E-state index contributed by atoms with van der Waals surface area (Å²) >= 11 is 0. The molecule has 2 N–H and O–H groups in total. The summed E-state index contributed by atoms with van der Waals surface area (Å²) in [5.74, 6) is 1.45. The average Bonchev–Trinajstić information content (AvgIpc) is 2.84. The lowest BCUT2D eigenvalue weighted by atomic mass is 10.0. The largest absolute Gasteiger partial charge is 0.497 e. The quantitative estimate of drug-likeness (QED) is 0.800. The molecule has 0 amide bonds. The lowest BCUT2D eigenvalue weighted by Crippen LogP contribution is -1.97. The molecule has 21 heavy (non-hydrogen) atoms. The molecule has 0 spiro atoms. The van der Waals surface area contributed by atoms with E-state index in [-0.39, 0.29) is 0 Å². The van der Waals surface area contributed by atoms with Crippen LogP contribution in [0.25, 0.3) is 22.4 Å². The van der Waals surface area contributed by atoms with Gasteiger partial charge in [0.25, 0.3) is 0 Å². The zero-order valence-corrected chi connectivity index (χ0v) is 12.1. The highest BCUT2D eigenvalue weighted by Gasteiger charge is 2.17. The molecule has 0 unspecified atom stereocenters. The van der Waals surface area contributed by atoms with Crippen molar-refractivity contribution in [2.45, 2.75) is 0 Å². The van der Waals surface area contributed by atoms with Gasteiger partial charge >= 0.3 is 0 Å². The molecule has 0 fully saturated rings. The van der Waals surface area contributed by atoms with Crippen LogP contribution in [0.1, 0.15) is 0 Å². The van der Waals surface area contributed by atoms with Crippen LogP contribution in [0.2, 0.25) is 0 Å². The molecular formula is C17H17N3O. The fourth-order valence-electron chi connectivity index (χ4n) is 2.40. The average molecular weight is 279 g/mol. The van der Waals surface area contributed by atoms with Gasteiger partial charge in [-0.15, -0.1) is 0 Å². The second-order valence-electron chi connectivity index (χ2n) is 4.83. The molecule has 0 bridgehead atoms. The highest BCUT2D eigenvalue weighted by molar-refractivity contribution is 5.88. The molecule has 3 rings (SSSR count). The Labute approximate surface area is 123 Å². The maximum absolute atomic E-state index is 6.21. The Morgan fingerprint density at radius 2 is 1.71 bits per heavy atom. The summed E-state index contributed by atoms with van der Waals surface area (Å²) in [6, 6.07) is 17.9. The van der Waals surface area contributed by atoms with Gasteiger partial charge in [0.2, 0.25) is 0 Å². The highest BCUT2D eigenvalue weighted by atomic mass is 16.5. The van der Waals surface area contributed by atoms with E-state index in [1.54, 1.807) is 11.8 Å². The second-order valence-corrected chi connectivity index (χ2v) is 4.83. The number of rotatable bonds is 3. The van der Waals surface area contributed by atoms with E-state index >= 15 is 0 Å². The number of nitrogen functional groups attached to an aromatic ring is 1. The van der Waals surface area contributed by atoms with E-state index in [0.717, 1.165) is 28.1 Å². The lowest BCUT2D eigenvalue weighted by molar-refractivity contribution is 0.415. The van der Waals surface area contributed by atoms with Gasteiger partial charge in [-0.1, -0.05) is 42.5 Å². The summed E-state index contributed by atoms with van der Waals surface area (Å²) in [5.41, 5.74) is 10.1. The summed E-state index contributed by atoms with van der Waals surface area (Å²) in [4.78, 5) is 0. The predicted octanol–water partition coefficient (Wildman–Crippen LogP) is 3.34. The number of nitrogens with zero attached hydrogens (tertiary/aromatic N) is 2. The van der Waals surface area contributed by atoms with Crippen molar-refractivity contribution in [2.24, 2.45) is 7.05 Å². The van der Waals surface area contributed by atoms with E-state index in [2.05, 4.69) is 5.10 Å². The van der Waals surface area contributed by atoms with Crippen LogP contribution in [0, 0.1) is 0 Å². The van der Waals surface area contributed by atoms with Crippen molar-refractivity contribution in [3.63, 3.8) is 0 Å². The third kappa shape index (κ3) is 2.36. The summed E-state index contributed by atoms with van der Waals surface area (Å²) in [5, 5.41) is 4.57. The van der Waals surface area contributed by atoms with Gasteiger partial charge in [0.1, 0.15) is 17.3 Å². The number of benzene rings is 2. The SMILES string of the molecule is COc1cccc(-c2nn(C)c(N)c2-c2ccccc2)c1. The molecule has 1 aromatic heterocycles. The molecule has 0 atom stereocenters. The van der Waals surface area contributed by atoms with E-state index < -0.39 is 0 Å². The molecule has 0 aliphatic rings. The van der Waals surface area contributed by atoms with Crippen LogP contribution >= 0.6 is 0 Å². The van der Waals surface area contributed by atoms with Crippen molar-refractivity contribution < 1.29 is 4.74 Å². The van der Waals surface area contributed by atoms with E-state index in [9.17, 15) is 0 Å². The molecule has 0 saturated heterocycles. The molecule has 4 heteroatoms. The minimum atomic E-state index is 0.652. The standard InChI is InChI=1S/C17H17N3O/c1-20-17(18)15(12-7-4-3-5-8-12)16(19-20)13-9-6-10-14(11-13)21-2/h3-11H,18H2,1-2H3. The van der Waals surface area contributed by atoms with Gasteiger partial charge in [0.05, 0.1) is 12.7 Å². The Morgan fingerprint density at radius 1 is 1.00 bits per heavy atom. The van der Waals surface area contributed by atoms with E-state index in [0.29, 0.717) is 5.82 Å². The maximum Gasteiger partial charge on any atom is 0.129 e. The summed E-state index contributed by atoms with van der Waals surface area (Å²) in [6.07, 6.45) is 0. The first-order valence-electron chi connectivity index (χ1n) is 6.73. The zero-order valence-electron chi connectivity index (χ0n) is 12.1. The fourth-order valence-corrected chi connectivity index (χ4v) is 2.40. The van der Waals surface area contributed by atoms with Crippen molar-refractivity contribution in [1.82, 2.24) is 9.78 Å². The van der Waals surface area contributed by atoms with Crippen LogP contribution in [0.3, 0.4) is 0 Å². The van der Waals surface area contributed by atoms with Crippen LogP contribution in [-0.2, 0) is 7.05 Å². The second kappa shape index (κ2) is 5.32. The Hall–Kier alpha value is -2.75. The maximum atomic E-state index is 6.21.